The third-order valence-electron chi connectivity index (χ3n) is 4.44. The van der Waals surface area contributed by atoms with E-state index in [2.05, 4.69) is 20.2 Å². The summed E-state index contributed by atoms with van der Waals surface area (Å²) in [4.78, 5) is 9.52. The van der Waals surface area contributed by atoms with E-state index < -0.39 is 9.84 Å². The number of sulfone groups is 1. The molecule has 0 amide bonds. The average molecular weight is 355 g/mol. The summed E-state index contributed by atoms with van der Waals surface area (Å²) in [7, 11) is -3.54. The lowest BCUT2D eigenvalue weighted by molar-refractivity contribution is 0.497. The van der Waals surface area contributed by atoms with Crippen LogP contribution in [0.1, 0.15) is 53.5 Å². The molecule has 6 nitrogen and oxygen atoms in total. The van der Waals surface area contributed by atoms with E-state index in [0.29, 0.717) is 10.8 Å². The fraction of sp³-hybridized carbons (Fsp3) is 0.667. The molecule has 2 aromatic rings. The maximum absolute atomic E-state index is 12.4. The zero-order valence-electron chi connectivity index (χ0n) is 13.5. The van der Waals surface area contributed by atoms with Crippen LogP contribution in [-0.2, 0) is 22.0 Å². The molecule has 1 N–H and O–H groups in total. The predicted molar refractivity (Wildman–Crippen MR) is 89.1 cm³/mol. The van der Waals surface area contributed by atoms with Crippen LogP contribution in [-0.4, -0.2) is 28.6 Å². The minimum atomic E-state index is -3.54. The van der Waals surface area contributed by atoms with E-state index >= 15 is 0 Å². The normalized spacial score (nSPS) is 16.3. The summed E-state index contributed by atoms with van der Waals surface area (Å²) >= 11 is 1.41. The van der Waals surface area contributed by atoms with Crippen LogP contribution >= 0.6 is 11.3 Å². The van der Waals surface area contributed by atoms with Gasteiger partial charge in [-0.05, 0) is 26.2 Å². The van der Waals surface area contributed by atoms with Crippen molar-refractivity contribution in [2.75, 3.05) is 0 Å². The fourth-order valence-corrected chi connectivity index (χ4v) is 5.38. The van der Waals surface area contributed by atoms with Crippen LogP contribution in [0.15, 0.2) is 5.16 Å². The molecule has 0 aromatic carbocycles. The van der Waals surface area contributed by atoms with Crippen LogP contribution in [0.25, 0.3) is 0 Å². The number of hydrogen-bond acceptors (Lipinski definition) is 6. The molecule has 1 saturated carbocycles. The van der Waals surface area contributed by atoms with Crippen molar-refractivity contribution in [2.45, 2.75) is 63.3 Å². The van der Waals surface area contributed by atoms with Crippen LogP contribution in [0.3, 0.4) is 0 Å². The Morgan fingerprint density at radius 1 is 1.22 bits per heavy atom. The maximum Gasteiger partial charge on any atom is 0.267 e. The van der Waals surface area contributed by atoms with Crippen LogP contribution < -0.4 is 0 Å². The molecular formula is C15H22N4O2S2. The van der Waals surface area contributed by atoms with Crippen molar-refractivity contribution in [3.63, 3.8) is 0 Å². The topological polar surface area (TPSA) is 88.6 Å². The first kappa shape index (κ1) is 16.6. The van der Waals surface area contributed by atoms with Gasteiger partial charge in [-0.25, -0.2) is 18.4 Å². The largest absolute Gasteiger partial charge is 0.267 e. The highest BCUT2D eigenvalue weighted by atomic mass is 32.2. The van der Waals surface area contributed by atoms with E-state index in [1.807, 2.05) is 13.8 Å². The molecule has 0 aliphatic heterocycles. The monoisotopic (exact) mass is 354 g/mol. The van der Waals surface area contributed by atoms with Crippen LogP contribution in [0.5, 0.6) is 0 Å². The quantitative estimate of drug-likeness (QED) is 0.861. The van der Waals surface area contributed by atoms with Gasteiger partial charge in [-0.1, -0.05) is 25.7 Å². The highest BCUT2D eigenvalue weighted by Gasteiger charge is 2.23. The van der Waals surface area contributed by atoms with E-state index in [9.17, 15) is 8.42 Å². The van der Waals surface area contributed by atoms with E-state index in [0.717, 1.165) is 29.3 Å². The first-order valence-corrected chi connectivity index (χ1v) is 10.5. The summed E-state index contributed by atoms with van der Waals surface area (Å²) in [6.45, 7) is 3.83. The molecule has 23 heavy (non-hydrogen) atoms. The maximum atomic E-state index is 12.4. The third kappa shape index (κ3) is 3.98. The van der Waals surface area contributed by atoms with E-state index in [1.165, 1.54) is 37.0 Å². The van der Waals surface area contributed by atoms with Gasteiger partial charge in [-0.2, -0.15) is 0 Å². The Morgan fingerprint density at radius 3 is 2.61 bits per heavy atom. The molecule has 2 heterocycles. The molecule has 2 aromatic heterocycles. The number of thiazole rings is 1. The lowest BCUT2D eigenvalue weighted by Crippen LogP contribution is -2.07. The minimum Gasteiger partial charge on any atom is -0.262 e. The number of nitrogens with one attached hydrogen (secondary N) is 1. The van der Waals surface area contributed by atoms with Crippen molar-refractivity contribution in [1.29, 1.82) is 0 Å². The van der Waals surface area contributed by atoms with E-state index in [-0.39, 0.29) is 10.9 Å². The number of aromatic nitrogens is 4. The smallest absolute Gasteiger partial charge is 0.262 e. The van der Waals surface area contributed by atoms with Crippen LogP contribution in [0, 0.1) is 19.8 Å². The molecule has 0 saturated heterocycles. The zero-order chi connectivity index (χ0) is 16.4. The Labute approximate surface area is 140 Å². The van der Waals surface area contributed by atoms with Gasteiger partial charge in [0.05, 0.1) is 5.69 Å². The molecule has 1 aliphatic rings. The number of nitrogens with zero attached hydrogens (tertiary/aromatic N) is 3. The first-order chi connectivity index (χ1) is 10.9. The van der Waals surface area contributed by atoms with Gasteiger partial charge in [-0.3, -0.25) is 5.10 Å². The average Bonchev–Trinajstić information content (AvgIpc) is 3.20. The molecular weight excluding hydrogens is 332 g/mol. The standard InChI is InChI=1S/C15H22N4O2S2/c1-10-11(2)22-14(16-10)9-23(20,21)15-17-13(18-19-15)8-7-12-5-3-4-6-12/h12H,3-9H2,1-2H3,(H,17,18,19). The van der Waals surface area contributed by atoms with Gasteiger partial charge >= 0.3 is 0 Å². The van der Waals surface area contributed by atoms with Crippen molar-refractivity contribution < 1.29 is 8.42 Å². The van der Waals surface area contributed by atoms with Crippen LogP contribution in [0.4, 0.5) is 0 Å². The second-order valence-electron chi connectivity index (χ2n) is 6.26. The molecule has 3 rings (SSSR count). The number of rotatable bonds is 6. The van der Waals surface area contributed by atoms with E-state index in [1.54, 1.807) is 0 Å². The predicted octanol–water partition coefficient (Wildman–Crippen LogP) is 2.97. The van der Waals surface area contributed by atoms with E-state index in [4.69, 9.17) is 0 Å². The Morgan fingerprint density at radius 2 is 1.96 bits per heavy atom. The van der Waals surface area contributed by atoms with Gasteiger partial charge in [0, 0.05) is 11.3 Å². The number of H-pyrrole nitrogens is 1. The Balaban J connectivity index is 1.65. The highest BCUT2D eigenvalue weighted by Crippen LogP contribution is 2.28. The molecule has 0 bridgehead atoms. The molecule has 126 valence electrons. The van der Waals surface area contributed by atoms with Crippen molar-refractivity contribution in [1.82, 2.24) is 20.2 Å². The molecule has 0 unspecified atom stereocenters. The molecule has 8 heteroatoms. The minimum absolute atomic E-state index is 0.107. The molecule has 1 fully saturated rings. The summed E-state index contributed by atoms with van der Waals surface area (Å²) in [5, 5.41) is 7.18. The Hall–Kier alpha value is -1.28. The fourth-order valence-electron chi connectivity index (χ4n) is 3.00. The van der Waals surface area contributed by atoms with Crippen molar-refractivity contribution in [3.8, 4) is 0 Å². The summed E-state index contributed by atoms with van der Waals surface area (Å²) in [6, 6.07) is 0. The number of aromatic amines is 1. The molecule has 0 atom stereocenters. The lowest BCUT2D eigenvalue weighted by Gasteiger charge is -2.05. The lowest BCUT2D eigenvalue weighted by atomic mass is 10.0. The number of aryl methyl sites for hydroxylation is 3. The van der Waals surface area contributed by atoms with Crippen molar-refractivity contribution in [3.05, 3.63) is 21.4 Å². The zero-order valence-corrected chi connectivity index (χ0v) is 15.1. The number of hydrogen-bond donors (Lipinski definition) is 1. The Kier molecular flexibility index (Phi) is 4.82. The second-order valence-corrected chi connectivity index (χ2v) is 9.43. The second kappa shape index (κ2) is 6.68. The molecule has 0 radical (unpaired) electrons. The molecule has 0 spiro atoms. The van der Waals surface area contributed by atoms with Gasteiger partial charge < -0.3 is 0 Å². The van der Waals surface area contributed by atoms with Crippen LogP contribution in [0.2, 0.25) is 0 Å². The van der Waals surface area contributed by atoms with Gasteiger partial charge in [-0.15, -0.1) is 16.4 Å². The van der Waals surface area contributed by atoms with Crippen molar-refractivity contribution in [2.24, 2.45) is 5.92 Å². The van der Waals surface area contributed by atoms with Gasteiger partial charge in [0.25, 0.3) is 5.16 Å². The van der Waals surface area contributed by atoms with Gasteiger partial charge in [0.1, 0.15) is 16.6 Å². The summed E-state index contributed by atoms with van der Waals surface area (Å²) in [5.41, 5.74) is 0.882. The molecule has 1 aliphatic carbocycles. The first-order valence-electron chi connectivity index (χ1n) is 8.01. The van der Waals surface area contributed by atoms with Gasteiger partial charge in [0.2, 0.25) is 9.84 Å². The Bertz CT molecular complexity index is 754. The summed E-state index contributed by atoms with van der Waals surface area (Å²) < 4.78 is 24.8. The van der Waals surface area contributed by atoms with Crippen molar-refractivity contribution >= 4 is 21.2 Å². The van der Waals surface area contributed by atoms with Gasteiger partial charge in [0.15, 0.2) is 0 Å². The third-order valence-corrected chi connectivity index (χ3v) is 7.09. The summed E-state index contributed by atoms with van der Waals surface area (Å²) in [5.74, 6) is 1.29. The summed E-state index contributed by atoms with van der Waals surface area (Å²) in [6.07, 6.45) is 7.01. The SMILES string of the molecule is Cc1nc(CS(=O)(=O)c2n[nH]c(CCC3CCCC3)n2)sc1C. The highest BCUT2D eigenvalue weighted by molar-refractivity contribution is 7.90.